The highest BCUT2D eigenvalue weighted by Gasteiger charge is 2.25. The predicted molar refractivity (Wildman–Crippen MR) is 101 cm³/mol. The average Bonchev–Trinajstić information content (AvgIpc) is 2.53. The molecule has 1 aliphatic rings. The summed E-state index contributed by atoms with van der Waals surface area (Å²) in [6.45, 7) is 13.8. The molecule has 0 atom stereocenters. The van der Waals surface area contributed by atoms with Crippen LogP contribution in [0.25, 0.3) is 0 Å². The molecule has 0 aliphatic carbocycles. The first kappa shape index (κ1) is 20.1. The molecule has 134 valence electrons. The number of thioether (sulfide) groups is 1. The number of likely N-dealkylation sites (tertiary alicyclic amines) is 1. The van der Waals surface area contributed by atoms with Crippen molar-refractivity contribution in [2.45, 2.75) is 58.2 Å². The van der Waals surface area contributed by atoms with Gasteiger partial charge in [-0.2, -0.15) is 11.8 Å². The monoisotopic (exact) mass is 342 g/mol. The van der Waals surface area contributed by atoms with Gasteiger partial charge in [-0.3, -0.25) is 9.79 Å². The molecule has 1 saturated heterocycles. The van der Waals surface area contributed by atoms with Crippen molar-refractivity contribution in [1.29, 1.82) is 0 Å². The largest absolute Gasteiger partial charge is 0.357 e. The molecule has 23 heavy (non-hydrogen) atoms. The SMILES string of the molecule is CCNC(=NCC(C)(C)SC)NC1CCN(C(=O)C(C)C)CC1. The predicted octanol–water partition coefficient (Wildman–Crippen LogP) is 2.33. The normalized spacial score (nSPS) is 17.5. The third-order valence-corrected chi connectivity index (χ3v) is 5.39. The fraction of sp³-hybridized carbons (Fsp3) is 0.882. The van der Waals surface area contributed by atoms with E-state index in [-0.39, 0.29) is 16.6 Å². The van der Waals surface area contributed by atoms with Gasteiger partial charge in [-0.15, -0.1) is 0 Å². The molecule has 0 aromatic rings. The number of rotatable bonds is 6. The first-order valence-corrected chi connectivity index (χ1v) is 9.90. The quantitative estimate of drug-likeness (QED) is 0.575. The highest BCUT2D eigenvalue weighted by Crippen LogP contribution is 2.21. The van der Waals surface area contributed by atoms with Gasteiger partial charge in [0.25, 0.3) is 0 Å². The second kappa shape index (κ2) is 9.40. The molecule has 1 fully saturated rings. The number of amides is 1. The Morgan fingerprint density at radius 2 is 1.96 bits per heavy atom. The fourth-order valence-electron chi connectivity index (χ4n) is 2.46. The number of piperidine rings is 1. The molecular weight excluding hydrogens is 308 g/mol. The van der Waals surface area contributed by atoms with Crippen LogP contribution in [-0.4, -0.2) is 60.0 Å². The molecule has 1 heterocycles. The van der Waals surface area contributed by atoms with Crippen molar-refractivity contribution in [3.63, 3.8) is 0 Å². The van der Waals surface area contributed by atoms with Gasteiger partial charge >= 0.3 is 0 Å². The maximum atomic E-state index is 12.0. The van der Waals surface area contributed by atoms with Crippen LogP contribution in [0.5, 0.6) is 0 Å². The standard InChI is InChI=1S/C17H34N4OS/c1-7-18-16(19-12-17(4,5)23-6)20-14-8-10-21(11-9-14)15(22)13(2)3/h13-14H,7-12H2,1-6H3,(H2,18,19,20). The van der Waals surface area contributed by atoms with Crippen molar-refractivity contribution >= 4 is 23.6 Å². The van der Waals surface area contributed by atoms with Crippen LogP contribution in [0, 0.1) is 5.92 Å². The fourth-order valence-corrected chi connectivity index (χ4v) is 2.65. The van der Waals surface area contributed by atoms with Crippen molar-refractivity contribution in [2.75, 3.05) is 32.4 Å². The van der Waals surface area contributed by atoms with Crippen LogP contribution in [0.4, 0.5) is 0 Å². The first-order chi connectivity index (χ1) is 10.8. The Labute approximate surface area is 146 Å². The molecule has 1 amide bonds. The number of hydrogen-bond donors (Lipinski definition) is 2. The molecule has 1 aliphatic heterocycles. The van der Waals surface area contributed by atoms with E-state index in [1.54, 1.807) is 0 Å². The summed E-state index contributed by atoms with van der Waals surface area (Å²) >= 11 is 1.83. The molecule has 0 unspecified atom stereocenters. The van der Waals surface area contributed by atoms with Crippen molar-refractivity contribution < 1.29 is 4.79 Å². The van der Waals surface area contributed by atoms with Crippen LogP contribution in [0.2, 0.25) is 0 Å². The lowest BCUT2D eigenvalue weighted by Crippen LogP contribution is -2.50. The Kier molecular flexibility index (Phi) is 8.23. The molecule has 0 bridgehead atoms. The van der Waals surface area contributed by atoms with E-state index in [2.05, 4.69) is 37.7 Å². The Balaban J connectivity index is 2.53. The summed E-state index contributed by atoms with van der Waals surface area (Å²) in [4.78, 5) is 18.8. The minimum Gasteiger partial charge on any atom is -0.357 e. The zero-order valence-corrected chi connectivity index (χ0v) is 16.4. The summed E-state index contributed by atoms with van der Waals surface area (Å²) in [6.07, 6.45) is 4.08. The van der Waals surface area contributed by atoms with Gasteiger partial charge in [-0.1, -0.05) is 13.8 Å². The summed E-state index contributed by atoms with van der Waals surface area (Å²) in [5.41, 5.74) is 0. The third-order valence-electron chi connectivity index (χ3n) is 4.16. The van der Waals surface area contributed by atoms with E-state index < -0.39 is 0 Å². The summed E-state index contributed by atoms with van der Waals surface area (Å²) in [7, 11) is 0. The lowest BCUT2D eigenvalue weighted by Gasteiger charge is -2.34. The number of carbonyl (C=O) groups excluding carboxylic acids is 1. The van der Waals surface area contributed by atoms with E-state index in [1.807, 2.05) is 30.5 Å². The van der Waals surface area contributed by atoms with E-state index in [4.69, 9.17) is 4.99 Å². The Morgan fingerprint density at radius 1 is 1.35 bits per heavy atom. The minimum atomic E-state index is 0.0900. The van der Waals surface area contributed by atoms with Gasteiger partial charge in [-0.05, 0) is 39.9 Å². The van der Waals surface area contributed by atoms with Gasteiger partial charge in [0.2, 0.25) is 5.91 Å². The molecule has 0 saturated carbocycles. The Hall–Kier alpha value is -0.910. The number of hydrogen-bond acceptors (Lipinski definition) is 3. The van der Waals surface area contributed by atoms with E-state index in [9.17, 15) is 4.79 Å². The van der Waals surface area contributed by atoms with Crippen LogP contribution in [0.15, 0.2) is 4.99 Å². The highest BCUT2D eigenvalue weighted by molar-refractivity contribution is 7.99. The maximum Gasteiger partial charge on any atom is 0.225 e. The van der Waals surface area contributed by atoms with Crippen molar-refractivity contribution in [3.8, 4) is 0 Å². The van der Waals surface area contributed by atoms with Crippen LogP contribution in [0.1, 0.15) is 47.5 Å². The van der Waals surface area contributed by atoms with Gasteiger partial charge in [0.05, 0.1) is 6.54 Å². The average molecular weight is 343 g/mol. The zero-order valence-electron chi connectivity index (χ0n) is 15.6. The molecule has 0 spiro atoms. The van der Waals surface area contributed by atoms with E-state index >= 15 is 0 Å². The number of aliphatic imine (C=N–C) groups is 1. The molecule has 1 rings (SSSR count). The second-order valence-electron chi connectivity index (χ2n) is 7.06. The minimum absolute atomic E-state index is 0.0900. The number of nitrogens with zero attached hydrogens (tertiary/aromatic N) is 2. The van der Waals surface area contributed by atoms with Crippen LogP contribution in [-0.2, 0) is 4.79 Å². The van der Waals surface area contributed by atoms with Crippen molar-refractivity contribution in [2.24, 2.45) is 10.9 Å². The zero-order chi connectivity index (χ0) is 17.5. The summed E-state index contributed by atoms with van der Waals surface area (Å²) in [5, 5.41) is 6.86. The molecule has 5 nitrogen and oxygen atoms in total. The van der Waals surface area contributed by atoms with Crippen LogP contribution in [0.3, 0.4) is 0 Å². The number of nitrogens with one attached hydrogen (secondary N) is 2. The van der Waals surface area contributed by atoms with E-state index in [1.165, 1.54) is 0 Å². The van der Waals surface area contributed by atoms with Crippen LogP contribution < -0.4 is 10.6 Å². The maximum absolute atomic E-state index is 12.0. The van der Waals surface area contributed by atoms with E-state index in [0.717, 1.165) is 45.0 Å². The first-order valence-electron chi connectivity index (χ1n) is 8.68. The third kappa shape index (κ3) is 7.02. The summed E-state index contributed by atoms with van der Waals surface area (Å²) in [5.74, 6) is 1.25. The molecule has 0 aromatic carbocycles. The number of carbonyl (C=O) groups is 1. The van der Waals surface area contributed by atoms with Gasteiger partial charge in [0, 0.05) is 36.3 Å². The molecule has 2 N–H and O–H groups in total. The van der Waals surface area contributed by atoms with Crippen LogP contribution >= 0.6 is 11.8 Å². The van der Waals surface area contributed by atoms with E-state index in [0.29, 0.717) is 6.04 Å². The van der Waals surface area contributed by atoms with Crippen molar-refractivity contribution in [3.05, 3.63) is 0 Å². The topological polar surface area (TPSA) is 56.7 Å². The van der Waals surface area contributed by atoms with Gasteiger partial charge in [0.1, 0.15) is 0 Å². The highest BCUT2D eigenvalue weighted by atomic mass is 32.2. The summed E-state index contributed by atoms with van der Waals surface area (Å²) < 4.78 is 0.148. The Morgan fingerprint density at radius 3 is 2.43 bits per heavy atom. The lowest BCUT2D eigenvalue weighted by molar-refractivity contribution is -0.135. The molecule has 0 aromatic heterocycles. The van der Waals surface area contributed by atoms with Crippen molar-refractivity contribution in [1.82, 2.24) is 15.5 Å². The second-order valence-corrected chi connectivity index (χ2v) is 8.57. The molecule has 0 radical (unpaired) electrons. The number of guanidine groups is 1. The summed E-state index contributed by atoms with van der Waals surface area (Å²) in [6, 6.07) is 0.390. The van der Waals surface area contributed by atoms with Gasteiger partial charge in [-0.25, -0.2) is 0 Å². The molecule has 6 heteroatoms. The van der Waals surface area contributed by atoms with Gasteiger partial charge in [0.15, 0.2) is 5.96 Å². The Bertz CT molecular complexity index is 401. The molecular formula is C17H34N4OS. The van der Waals surface area contributed by atoms with Gasteiger partial charge < -0.3 is 15.5 Å². The lowest BCUT2D eigenvalue weighted by atomic mass is 10.0. The smallest absolute Gasteiger partial charge is 0.225 e.